The first-order valence-corrected chi connectivity index (χ1v) is 6.65. The molecule has 5 heteroatoms. The van der Waals surface area contributed by atoms with Crippen LogP contribution in [0.5, 0.6) is 0 Å². The van der Waals surface area contributed by atoms with Crippen molar-refractivity contribution in [2.24, 2.45) is 5.73 Å². The Balaban J connectivity index is 1.82. The Morgan fingerprint density at radius 3 is 2.79 bits per heavy atom. The number of hydrogen-bond donors (Lipinski definition) is 1. The summed E-state index contributed by atoms with van der Waals surface area (Å²) in [5, 5.41) is 8.12. The molecule has 1 atom stereocenters. The number of hydrogen-bond acceptors (Lipinski definition) is 4. The normalized spacial score (nSPS) is 17.2. The van der Waals surface area contributed by atoms with Crippen LogP contribution in [0.25, 0.3) is 0 Å². The van der Waals surface area contributed by atoms with Crippen molar-refractivity contribution in [2.75, 3.05) is 13.1 Å². The van der Waals surface area contributed by atoms with Crippen molar-refractivity contribution in [1.29, 1.82) is 0 Å². The highest BCUT2D eigenvalue weighted by atomic mass is 15.3. The smallest absolute Gasteiger partial charge is 0.147 e. The van der Waals surface area contributed by atoms with Crippen LogP contribution in [0, 0.1) is 6.92 Å². The molecule has 1 aliphatic rings. The number of benzene rings is 1. The number of nitrogens with zero attached hydrogens (tertiary/aromatic N) is 4. The molecule has 19 heavy (non-hydrogen) atoms. The van der Waals surface area contributed by atoms with E-state index in [1.165, 1.54) is 11.1 Å². The van der Waals surface area contributed by atoms with Gasteiger partial charge in [0.1, 0.15) is 12.2 Å². The summed E-state index contributed by atoms with van der Waals surface area (Å²) in [7, 11) is 0. The zero-order chi connectivity index (χ0) is 13.2. The average Bonchev–Trinajstić information content (AvgIpc) is 2.89. The van der Waals surface area contributed by atoms with Gasteiger partial charge in [0.15, 0.2) is 0 Å². The molecule has 3 rings (SSSR count). The van der Waals surface area contributed by atoms with E-state index in [-0.39, 0.29) is 6.04 Å². The lowest BCUT2D eigenvalue weighted by Crippen LogP contribution is -2.39. The van der Waals surface area contributed by atoms with Gasteiger partial charge in [-0.2, -0.15) is 0 Å². The van der Waals surface area contributed by atoms with E-state index >= 15 is 0 Å². The van der Waals surface area contributed by atoms with Crippen molar-refractivity contribution < 1.29 is 0 Å². The van der Waals surface area contributed by atoms with Crippen LogP contribution in [0.2, 0.25) is 0 Å². The lowest BCUT2D eigenvalue weighted by atomic mass is 10.0. The molecule has 5 nitrogen and oxygen atoms in total. The molecule has 0 spiro atoms. The summed E-state index contributed by atoms with van der Waals surface area (Å²) in [5.74, 6) is 1.02. The van der Waals surface area contributed by atoms with E-state index in [1.54, 1.807) is 6.33 Å². The third-order valence-corrected chi connectivity index (χ3v) is 3.79. The Hall–Kier alpha value is -1.72. The first-order chi connectivity index (χ1) is 9.28. The molecule has 2 N–H and O–H groups in total. The summed E-state index contributed by atoms with van der Waals surface area (Å²) in [6.45, 7) is 5.46. The molecule has 0 saturated heterocycles. The fourth-order valence-electron chi connectivity index (χ4n) is 2.64. The molecule has 0 saturated carbocycles. The van der Waals surface area contributed by atoms with Crippen LogP contribution in [0.4, 0.5) is 0 Å². The van der Waals surface area contributed by atoms with Crippen molar-refractivity contribution >= 4 is 0 Å². The highest BCUT2D eigenvalue weighted by Crippen LogP contribution is 2.24. The maximum Gasteiger partial charge on any atom is 0.147 e. The minimum absolute atomic E-state index is 0.256. The van der Waals surface area contributed by atoms with Crippen molar-refractivity contribution in [2.45, 2.75) is 26.1 Å². The first kappa shape index (κ1) is 12.3. The van der Waals surface area contributed by atoms with E-state index in [1.807, 2.05) is 0 Å². The van der Waals surface area contributed by atoms with Gasteiger partial charge in [0.2, 0.25) is 0 Å². The van der Waals surface area contributed by atoms with Crippen LogP contribution in [0.15, 0.2) is 30.6 Å². The number of aromatic nitrogens is 3. The summed E-state index contributed by atoms with van der Waals surface area (Å²) in [4.78, 5) is 2.38. The topological polar surface area (TPSA) is 60.0 Å². The van der Waals surface area contributed by atoms with E-state index in [0.29, 0.717) is 6.54 Å². The van der Waals surface area contributed by atoms with Crippen molar-refractivity contribution in [3.05, 3.63) is 47.5 Å². The summed E-state index contributed by atoms with van der Waals surface area (Å²) < 4.78 is 2.11. The first-order valence-electron chi connectivity index (χ1n) is 6.65. The van der Waals surface area contributed by atoms with Crippen LogP contribution in [0.1, 0.15) is 23.0 Å². The van der Waals surface area contributed by atoms with Gasteiger partial charge in [-0.25, -0.2) is 0 Å². The van der Waals surface area contributed by atoms with Crippen LogP contribution >= 0.6 is 0 Å². The Kier molecular flexibility index (Phi) is 3.31. The zero-order valence-corrected chi connectivity index (χ0v) is 11.2. The van der Waals surface area contributed by atoms with E-state index in [9.17, 15) is 0 Å². The van der Waals surface area contributed by atoms with E-state index in [4.69, 9.17) is 5.73 Å². The Labute approximate surface area is 113 Å². The summed E-state index contributed by atoms with van der Waals surface area (Å²) >= 11 is 0. The van der Waals surface area contributed by atoms with Crippen molar-refractivity contribution in [3.63, 3.8) is 0 Å². The Bertz CT molecular complexity index is 545. The summed E-state index contributed by atoms with van der Waals surface area (Å²) in [5.41, 5.74) is 8.54. The molecule has 1 aromatic carbocycles. The minimum atomic E-state index is 0.256. The standard InChI is InChI=1S/C14H19N5/c1-11-2-4-12(5-3-11)13(8-15)18-6-7-19-10-16-17-14(19)9-18/h2-5,10,13H,6-9,15H2,1H3. The molecule has 1 unspecified atom stereocenters. The van der Waals surface area contributed by atoms with Crippen molar-refractivity contribution in [1.82, 2.24) is 19.7 Å². The Morgan fingerprint density at radius 1 is 1.26 bits per heavy atom. The Morgan fingerprint density at radius 2 is 2.05 bits per heavy atom. The van der Waals surface area contributed by atoms with Gasteiger partial charge in [-0.05, 0) is 12.5 Å². The van der Waals surface area contributed by atoms with Gasteiger partial charge < -0.3 is 10.3 Å². The maximum atomic E-state index is 5.98. The second-order valence-corrected chi connectivity index (χ2v) is 5.07. The molecule has 1 aliphatic heterocycles. The quantitative estimate of drug-likeness (QED) is 0.894. The molecular weight excluding hydrogens is 238 g/mol. The lowest BCUT2D eigenvalue weighted by molar-refractivity contribution is 0.156. The third kappa shape index (κ3) is 2.39. The molecule has 0 radical (unpaired) electrons. The highest BCUT2D eigenvalue weighted by molar-refractivity contribution is 5.24. The van der Waals surface area contributed by atoms with Crippen LogP contribution in [0.3, 0.4) is 0 Å². The zero-order valence-electron chi connectivity index (χ0n) is 11.2. The second kappa shape index (κ2) is 5.11. The molecule has 1 aromatic heterocycles. The molecule has 100 valence electrons. The SMILES string of the molecule is Cc1ccc(C(CN)N2CCn3cnnc3C2)cc1. The van der Waals surface area contributed by atoms with Crippen LogP contribution in [-0.4, -0.2) is 32.8 Å². The minimum Gasteiger partial charge on any atom is -0.329 e. The molecule has 2 aromatic rings. The van der Waals surface area contributed by atoms with Gasteiger partial charge >= 0.3 is 0 Å². The third-order valence-electron chi connectivity index (χ3n) is 3.79. The predicted molar refractivity (Wildman–Crippen MR) is 73.4 cm³/mol. The molecule has 0 amide bonds. The summed E-state index contributed by atoms with van der Waals surface area (Å²) in [6, 6.07) is 8.89. The van der Waals surface area contributed by atoms with Gasteiger partial charge in [0.05, 0.1) is 6.54 Å². The number of rotatable bonds is 3. The molecule has 0 aliphatic carbocycles. The largest absolute Gasteiger partial charge is 0.329 e. The van der Waals surface area contributed by atoms with E-state index in [0.717, 1.165) is 25.5 Å². The number of aryl methyl sites for hydroxylation is 1. The van der Waals surface area contributed by atoms with E-state index < -0.39 is 0 Å². The van der Waals surface area contributed by atoms with Gasteiger partial charge in [0.25, 0.3) is 0 Å². The fourth-order valence-corrected chi connectivity index (χ4v) is 2.64. The van der Waals surface area contributed by atoms with Crippen LogP contribution in [-0.2, 0) is 13.1 Å². The second-order valence-electron chi connectivity index (χ2n) is 5.07. The molecular formula is C14H19N5. The van der Waals surface area contributed by atoms with Gasteiger partial charge in [0, 0.05) is 25.7 Å². The average molecular weight is 257 g/mol. The highest BCUT2D eigenvalue weighted by Gasteiger charge is 2.24. The van der Waals surface area contributed by atoms with Gasteiger partial charge in [-0.1, -0.05) is 29.8 Å². The molecule has 0 fully saturated rings. The maximum absolute atomic E-state index is 5.98. The van der Waals surface area contributed by atoms with Crippen molar-refractivity contribution in [3.8, 4) is 0 Å². The predicted octanol–water partition coefficient (Wildman–Crippen LogP) is 1.10. The van der Waals surface area contributed by atoms with Crippen LogP contribution < -0.4 is 5.73 Å². The number of nitrogens with two attached hydrogens (primary N) is 1. The molecule has 0 bridgehead atoms. The fraction of sp³-hybridized carbons (Fsp3) is 0.429. The molecule has 2 heterocycles. The van der Waals surface area contributed by atoms with Gasteiger partial charge in [-0.15, -0.1) is 10.2 Å². The van der Waals surface area contributed by atoms with E-state index in [2.05, 4.69) is 50.9 Å². The van der Waals surface area contributed by atoms with Gasteiger partial charge in [-0.3, -0.25) is 4.90 Å². The monoisotopic (exact) mass is 257 g/mol. The lowest BCUT2D eigenvalue weighted by Gasteiger charge is -2.34. The summed E-state index contributed by atoms with van der Waals surface area (Å²) in [6.07, 6.45) is 1.80. The number of fused-ring (bicyclic) bond motifs is 1.